The second kappa shape index (κ2) is 9.52. The van der Waals surface area contributed by atoms with Crippen LogP contribution in [0.2, 0.25) is 0 Å². The number of hydrogen-bond acceptors (Lipinski definition) is 6. The number of nitro benzene ring substituents is 1. The number of nitro groups is 1. The van der Waals surface area contributed by atoms with Crippen molar-refractivity contribution in [1.29, 1.82) is 0 Å². The van der Waals surface area contributed by atoms with Gasteiger partial charge in [0.2, 0.25) is 5.75 Å². The summed E-state index contributed by atoms with van der Waals surface area (Å²) in [6, 6.07) is 20.0. The molecule has 3 aromatic rings. The molecule has 0 amide bonds. The highest BCUT2D eigenvalue weighted by molar-refractivity contribution is 6.09. The third kappa shape index (κ3) is 5.01. The summed E-state index contributed by atoms with van der Waals surface area (Å²) in [7, 11) is 0. The van der Waals surface area contributed by atoms with E-state index in [0.29, 0.717) is 42.8 Å². The average Bonchev–Trinajstić information content (AvgIpc) is 2.84. The van der Waals surface area contributed by atoms with Crippen LogP contribution >= 0.6 is 0 Å². The SMILES string of the molecule is O=C(c1ccccc1)c1ccc(Oc2cc(N3CCC(C(=O)O)CC3)ccc2[N+](=O)[O-])cc1. The minimum absolute atomic E-state index is 0.0833. The van der Waals surface area contributed by atoms with Gasteiger partial charge in [-0.25, -0.2) is 0 Å². The summed E-state index contributed by atoms with van der Waals surface area (Å²) in [4.78, 5) is 36.8. The molecule has 168 valence electrons. The predicted molar refractivity (Wildman–Crippen MR) is 122 cm³/mol. The lowest BCUT2D eigenvalue weighted by Crippen LogP contribution is -2.36. The smallest absolute Gasteiger partial charge is 0.311 e. The van der Waals surface area contributed by atoms with E-state index in [1.807, 2.05) is 11.0 Å². The van der Waals surface area contributed by atoms with Gasteiger partial charge in [0.05, 0.1) is 10.8 Å². The molecule has 0 radical (unpaired) electrons. The number of piperidine rings is 1. The second-order valence-corrected chi connectivity index (χ2v) is 7.83. The van der Waals surface area contributed by atoms with Crippen molar-refractivity contribution in [3.63, 3.8) is 0 Å². The van der Waals surface area contributed by atoms with Gasteiger partial charge in [0, 0.05) is 42.0 Å². The number of aliphatic carboxylic acids is 1. The Morgan fingerprint density at radius 2 is 1.58 bits per heavy atom. The highest BCUT2D eigenvalue weighted by Crippen LogP contribution is 2.36. The number of rotatable bonds is 7. The second-order valence-electron chi connectivity index (χ2n) is 7.83. The molecule has 0 aliphatic carbocycles. The van der Waals surface area contributed by atoms with Crippen LogP contribution in [-0.4, -0.2) is 34.9 Å². The molecule has 1 saturated heterocycles. The normalized spacial score (nSPS) is 14.0. The molecule has 8 nitrogen and oxygen atoms in total. The van der Waals surface area contributed by atoms with Gasteiger partial charge >= 0.3 is 11.7 Å². The summed E-state index contributed by atoms with van der Waals surface area (Å²) >= 11 is 0. The van der Waals surface area contributed by atoms with E-state index in [-0.39, 0.29) is 23.1 Å². The number of hydrogen-bond donors (Lipinski definition) is 1. The number of benzene rings is 3. The Morgan fingerprint density at radius 1 is 0.939 bits per heavy atom. The quantitative estimate of drug-likeness (QED) is 0.312. The maximum Gasteiger partial charge on any atom is 0.311 e. The number of carbonyl (C=O) groups is 2. The first-order chi connectivity index (χ1) is 15.9. The Bertz CT molecular complexity index is 1170. The molecule has 0 unspecified atom stereocenters. The Kier molecular flexibility index (Phi) is 6.35. The summed E-state index contributed by atoms with van der Waals surface area (Å²) in [5.74, 6) is -0.840. The zero-order valence-electron chi connectivity index (χ0n) is 17.7. The largest absolute Gasteiger partial charge is 0.481 e. The molecule has 0 aromatic heterocycles. The van der Waals surface area contributed by atoms with Crippen molar-refractivity contribution in [1.82, 2.24) is 0 Å². The van der Waals surface area contributed by atoms with Crippen LogP contribution in [0.5, 0.6) is 11.5 Å². The number of anilines is 1. The maximum absolute atomic E-state index is 12.6. The maximum atomic E-state index is 12.6. The van der Waals surface area contributed by atoms with Gasteiger partial charge in [-0.3, -0.25) is 19.7 Å². The molecule has 1 aliphatic rings. The molecular formula is C25H22N2O6. The summed E-state index contributed by atoms with van der Waals surface area (Å²) in [5, 5.41) is 20.7. The fourth-order valence-corrected chi connectivity index (χ4v) is 3.87. The Labute approximate surface area is 190 Å². The predicted octanol–water partition coefficient (Wildman–Crippen LogP) is 4.92. The first-order valence-electron chi connectivity index (χ1n) is 10.6. The van der Waals surface area contributed by atoms with Crippen LogP contribution < -0.4 is 9.64 Å². The molecule has 0 saturated carbocycles. The van der Waals surface area contributed by atoms with Crippen molar-refractivity contribution < 1.29 is 24.4 Å². The molecule has 1 aliphatic heterocycles. The topological polar surface area (TPSA) is 110 Å². The van der Waals surface area contributed by atoms with Crippen molar-refractivity contribution in [2.45, 2.75) is 12.8 Å². The lowest BCUT2D eigenvalue weighted by Gasteiger charge is -2.32. The van der Waals surface area contributed by atoms with Crippen LogP contribution in [0.4, 0.5) is 11.4 Å². The number of ketones is 1. The van der Waals surface area contributed by atoms with E-state index < -0.39 is 10.9 Å². The first-order valence-corrected chi connectivity index (χ1v) is 10.6. The van der Waals surface area contributed by atoms with Crippen LogP contribution in [-0.2, 0) is 4.79 Å². The van der Waals surface area contributed by atoms with Crippen LogP contribution in [0.3, 0.4) is 0 Å². The number of carboxylic acid groups (broad SMARTS) is 1. The zero-order valence-corrected chi connectivity index (χ0v) is 17.7. The van der Waals surface area contributed by atoms with Crippen LogP contribution in [0.25, 0.3) is 0 Å². The first kappa shape index (κ1) is 22.0. The molecule has 1 heterocycles. The molecule has 3 aromatic carbocycles. The third-order valence-electron chi connectivity index (χ3n) is 5.73. The molecule has 1 N–H and O–H groups in total. The van der Waals surface area contributed by atoms with Crippen molar-refractivity contribution in [2.24, 2.45) is 5.92 Å². The number of nitrogens with zero attached hydrogens (tertiary/aromatic N) is 2. The fourth-order valence-electron chi connectivity index (χ4n) is 3.87. The molecule has 0 spiro atoms. The van der Waals surface area contributed by atoms with E-state index in [2.05, 4.69) is 0 Å². The van der Waals surface area contributed by atoms with Crippen molar-refractivity contribution in [3.8, 4) is 11.5 Å². The van der Waals surface area contributed by atoms with E-state index in [4.69, 9.17) is 4.74 Å². The summed E-state index contributed by atoms with van der Waals surface area (Å²) < 4.78 is 5.83. The van der Waals surface area contributed by atoms with Gasteiger partial charge in [0.15, 0.2) is 5.78 Å². The zero-order chi connectivity index (χ0) is 23.4. The van der Waals surface area contributed by atoms with E-state index in [1.165, 1.54) is 6.07 Å². The van der Waals surface area contributed by atoms with Crippen molar-refractivity contribution in [2.75, 3.05) is 18.0 Å². The minimum Gasteiger partial charge on any atom is -0.481 e. The Hall–Kier alpha value is -4.20. The number of carbonyl (C=O) groups excluding carboxylic acids is 1. The fraction of sp³-hybridized carbons (Fsp3) is 0.200. The van der Waals surface area contributed by atoms with Crippen LogP contribution in [0.15, 0.2) is 72.8 Å². The highest BCUT2D eigenvalue weighted by Gasteiger charge is 2.26. The molecule has 8 heteroatoms. The summed E-state index contributed by atoms with van der Waals surface area (Å²) in [6.45, 7) is 1.09. The molecule has 33 heavy (non-hydrogen) atoms. The van der Waals surface area contributed by atoms with Crippen molar-refractivity contribution >= 4 is 23.1 Å². The van der Waals surface area contributed by atoms with Crippen molar-refractivity contribution in [3.05, 3.63) is 94.0 Å². The van der Waals surface area contributed by atoms with E-state index >= 15 is 0 Å². The van der Waals surface area contributed by atoms with Crippen LogP contribution in [0.1, 0.15) is 28.8 Å². The van der Waals surface area contributed by atoms with E-state index in [9.17, 15) is 24.8 Å². The molecule has 1 fully saturated rings. The third-order valence-corrected chi connectivity index (χ3v) is 5.73. The van der Waals surface area contributed by atoms with Gasteiger partial charge in [0.1, 0.15) is 5.75 Å². The molecule has 4 rings (SSSR count). The molecular weight excluding hydrogens is 424 g/mol. The lowest BCUT2D eigenvalue weighted by atomic mass is 9.97. The van der Waals surface area contributed by atoms with Gasteiger partial charge in [-0.15, -0.1) is 0 Å². The lowest BCUT2D eigenvalue weighted by molar-refractivity contribution is -0.385. The molecule has 0 atom stereocenters. The minimum atomic E-state index is -0.795. The van der Waals surface area contributed by atoms with Gasteiger partial charge in [-0.2, -0.15) is 0 Å². The van der Waals surface area contributed by atoms with Gasteiger partial charge in [-0.1, -0.05) is 30.3 Å². The summed E-state index contributed by atoms with van der Waals surface area (Å²) in [6.07, 6.45) is 1.03. The number of carboxylic acids is 1. The standard InChI is InChI=1S/C25H22N2O6/c28-24(17-4-2-1-3-5-17)18-6-9-21(10-7-18)33-23-16-20(8-11-22(23)27(31)32)26-14-12-19(13-15-26)25(29)30/h1-11,16,19H,12-15H2,(H,29,30). The van der Waals surface area contributed by atoms with Gasteiger partial charge in [0.25, 0.3) is 0 Å². The monoisotopic (exact) mass is 446 g/mol. The van der Waals surface area contributed by atoms with E-state index in [1.54, 1.807) is 60.7 Å². The average molecular weight is 446 g/mol. The number of ether oxygens (including phenoxy) is 1. The molecule has 0 bridgehead atoms. The van der Waals surface area contributed by atoms with E-state index in [0.717, 1.165) is 5.69 Å². The highest BCUT2D eigenvalue weighted by atomic mass is 16.6. The summed E-state index contributed by atoms with van der Waals surface area (Å²) in [5.41, 5.74) is 1.61. The van der Waals surface area contributed by atoms with Gasteiger partial charge in [-0.05, 0) is 43.2 Å². The van der Waals surface area contributed by atoms with Crippen LogP contribution in [0, 0.1) is 16.0 Å². The Morgan fingerprint density at radius 3 is 2.18 bits per heavy atom. The van der Waals surface area contributed by atoms with Gasteiger partial charge < -0.3 is 14.7 Å². The Balaban J connectivity index is 1.53.